The monoisotopic (exact) mass is 179 g/mol. The van der Waals surface area contributed by atoms with Gasteiger partial charge in [-0.05, 0) is 12.1 Å². The molecular weight excluding hydrogens is 170 g/mol. The zero-order valence-corrected chi connectivity index (χ0v) is 6.86. The first-order chi connectivity index (χ1) is 6.24. The summed E-state index contributed by atoms with van der Waals surface area (Å²) in [7, 11) is 0. The SMILES string of the molecule is O=C(CO)NC(=O)c1ccccc1. The fourth-order valence-electron chi connectivity index (χ4n) is 0.828. The van der Waals surface area contributed by atoms with Crippen LogP contribution in [0.5, 0.6) is 0 Å². The van der Waals surface area contributed by atoms with Crippen molar-refractivity contribution in [1.29, 1.82) is 0 Å². The Labute approximate surface area is 75.2 Å². The van der Waals surface area contributed by atoms with E-state index in [1.807, 2.05) is 5.32 Å². The molecule has 0 aliphatic carbocycles. The number of nitrogens with one attached hydrogen (secondary N) is 1. The van der Waals surface area contributed by atoms with Crippen molar-refractivity contribution in [3.05, 3.63) is 35.9 Å². The van der Waals surface area contributed by atoms with Crippen LogP contribution in [0, 0.1) is 0 Å². The Morgan fingerprint density at radius 3 is 2.38 bits per heavy atom. The predicted molar refractivity (Wildman–Crippen MR) is 46.0 cm³/mol. The van der Waals surface area contributed by atoms with Gasteiger partial charge in [-0.1, -0.05) is 18.2 Å². The summed E-state index contributed by atoms with van der Waals surface area (Å²) in [5.74, 6) is -1.20. The third-order valence-electron chi connectivity index (χ3n) is 1.43. The summed E-state index contributed by atoms with van der Waals surface area (Å²) in [5, 5.41) is 10.4. The molecule has 0 saturated carbocycles. The lowest BCUT2D eigenvalue weighted by molar-refractivity contribution is -0.122. The van der Waals surface area contributed by atoms with Crippen LogP contribution in [0.15, 0.2) is 30.3 Å². The number of benzene rings is 1. The van der Waals surface area contributed by atoms with Crippen molar-refractivity contribution < 1.29 is 14.7 Å². The first kappa shape index (κ1) is 9.41. The normalized spacial score (nSPS) is 9.31. The quantitative estimate of drug-likeness (QED) is 0.668. The lowest BCUT2D eigenvalue weighted by atomic mass is 10.2. The molecule has 2 amide bonds. The third-order valence-corrected chi connectivity index (χ3v) is 1.43. The Kier molecular flexibility index (Phi) is 3.16. The number of hydrogen-bond donors (Lipinski definition) is 2. The summed E-state index contributed by atoms with van der Waals surface area (Å²) in [6, 6.07) is 8.32. The molecular formula is C9H9NO3. The van der Waals surface area contributed by atoms with Crippen molar-refractivity contribution in [1.82, 2.24) is 5.32 Å². The molecule has 2 N–H and O–H groups in total. The van der Waals surface area contributed by atoms with Crippen LogP contribution < -0.4 is 5.32 Å². The van der Waals surface area contributed by atoms with Gasteiger partial charge in [-0.3, -0.25) is 14.9 Å². The molecule has 0 aliphatic rings. The first-order valence-corrected chi connectivity index (χ1v) is 3.74. The van der Waals surface area contributed by atoms with Crippen LogP contribution >= 0.6 is 0 Å². The van der Waals surface area contributed by atoms with E-state index in [1.165, 1.54) is 0 Å². The zero-order chi connectivity index (χ0) is 9.68. The van der Waals surface area contributed by atoms with E-state index < -0.39 is 18.4 Å². The van der Waals surface area contributed by atoms with Crippen molar-refractivity contribution in [2.24, 2.45) is 0 Å². The van der Waals surface area contributed by atoms with Gasteiger partial charge in [0.2, 0.25) is 0 Å². The van der Waals surface area contributed by atoms with Gasteiger partial charge in [-0.15, -0.1) is 0 Å². The minimum atomic E-state index is -0.700. The summed E-state index contributed by atoms with van der Waals surface area (Å²) in [6.07, 6.45) is 0. The van der Waals surface area contributed by atoms with Gasteiger partial charge in [0.05, 0.1) is 0 Å². The average molecular weight is 179 g/mol. The molecule has 0 aromatic heterocycles. The maximum atomic E-state index is 11.2. The van der Waals surface area contributed by atoms with E-state index in [4.69, 9.17) is 5.11 Å². The highest BCUT2D eigenvalue weighted by molar-refractivity contribution is 6.04. The maximum absolute atomic E-state index is 11.2. The van der Waals surface area contributed by atoms with E-state index >= 15 is 0 Å². The number of amides is 2. The van der Waals surface area contributed by atoms with Gasteiger partial charge in [0.25, 0.3) is 11.8 Å². The molecule has 0 spiro atoms. The summed E-state index contributed by atoms with van der Waals surface area (Å²) >= 11 is 0. The van der Waals surface area contributed by atoms with Gasteiger partial charge in [-0.25, -0.2) is 0 Å². The van der Waals surface area contributed by atoms with E-state index in [-0.39, 0.29) is 0 Å². The second kappa shape index (κ2) is 4.37. The molecule has 1 aromatic carbocycles. The highest BCUT2D eigenvalue weighted by Gasteiger charge is 2.07. The fourth-order valence-corrected chi connectivity index (χ4v) is 0.828. The Morgan fingerprint density at radius 1 is 1.23 bits per heavy atom. The second-order valence-corrected chi connectivity index (χ2v) is 2.40. The highest BCUT2D eigenvalue weighted by Crippen LogP contribution is 1.97. The largest absolute Gasteiger partial charge is 0.387 e. The third kappa shape index (κ3) is 2.68. The number of rotatable bonds is 2. The standard InChI is InChI=1S/C9H9NO3/c11-6-8(12)10-9(13)7-4-2-1-3-5-7/h1-5,11H,6H2,(H,10,12,13). The van der Waals surface area contributed by atoms with Crippen molar-refractivity contribution in [3.63, 3.8) is 0 Å². The highest BCUT2D eigenvalue weighted by atomic mass is 16.3. The number of aliphatic hydroxyl groups is 1. The molecule has 0 saturated heterocycles. The van der Waals surface area contributed by atoms with Gasteiger partial charge in [0, 0.05) is 5.56 Å². The summed E-state index contributed by atoms with van der Waals surface area (Å²) < 4.78 is 0. The molecule has 4 nitrogen and oxygen atoms in total. The topological polar surface area (TPSA) is 66.4 Å². The molecule has 0 aliphatic heterocycles. The number of hydrogen-bond acceptors (Lipinski definition) is 3. The fraction of sp³-hybridized carbons (Fsp3) is 0.111. The van der Waals surface area contributed by atoms with E-state index in [1.54, 1.807) is 30.3 Å². The Bertz CT molecular complexity index is 308. The van der Waals surface area contributed by atoms with E-state index in [0.29, 0.717) is 5.56 Å². The minimum absolute atomic E-state index is 0.393. The van der Waals surface area contributed by atoms with Crippen molar-refractivity contribution in [2.45, 2.75) is 0 Å². The van der Waals surface area contributed by atoms with Crippen molar-refractivity contribution >= 4 is 11.8 Å². The maximum Gasteiger partial charge on any atom is 0.257 e. The molecule has 0 unspecified atom stereocenters. The van der Waals surface area contributed by atoms with Crippen molar-refractivity contribution in [2.75, 3.05) is 6.61 Å². The summed E-state index contributed by atoms with van der Waals surface area (Å²) in [5.41, 5.74) is 0.393. The molecule has 68 valence electrons. The number of aliphatic hydroxyl groups excluding tert-OH is 1. The summed E-state index contributed by atoms with van der Waals surface area (Å²) in [6.45, 7) is -0.682. The molecule has 1 rings (SSSR count). The minimum Gasteiger partial charge on any atom is -0.387 e. The van der Waals surface area contributed by atoms with Gasteiger partial charge in [0.1, 0.15) is 6.61 Å². The summed E-state index contributed by atoms with van der Waals surface area (Å²) in [4.78, 5) is 21.8. The first-order valence-electron chi connectivity index (χ1n) is 3.74. The number of imide groups is 1. The van der Waals surface area contributed by atoms with Crippen LogP contribution in [-0.2, 0) is 4.79 Å². The lowest BCUT2D eigenvalue weighted by Crippen LogP contribution is -2.32. The van der Waals surface area contributed by atoms with E-state index in [9.17, 15) is 9.59 Å². The van der Waals surface area contributed by atoms with E-state index in [0.717, 1.165) is 0 Å². The smallest absolute Gasteiger partial charge is 0.257 e. The van der Waals surface area contributed by atoms with Crippen LogP contribution in [0.3, 0.4) is 0 Å². The molecule has 0 bridgehead atoms. The molecule has 0 heterocycles. The van der Waals surface area contributed by atoms with Gasteiger partial charge in [0.15, 0.2) is 0 Å². The van der Waals surface area contributed by atoms with Crippen LogP contribution in [0.25, 0.3) is 0 Å². The molecule has 4 heteroatoms. The lowest BCUT2D eigenvalue weighted by Gasteiger charge is -2.00. The van der Waals surface area contributed by atoms with Gasteiger partial charge < -0.3 is 5.11 Å². The van der Waals surface area contributed by atoms with Crippen LogP contribution in [0.2, 0.25) is 0 Å². The zero-order valence-electron chi connectivity index (χ0n) is 6.86. The Hall–Kier alpha value is -1.68. The second-order valence-electron chi connectivity index (χ2n) is 2.40. The van der Waals surface area contributed by atoms with E-state index in [2.05, 4.69) is 0 Å². The predicted octanol–water partition coefficient (Wildman–Crippen LogP) is -0.0647. The average Bonchev–Trinajstić information content (AvgIpc) is 2.19. The van der Waals surface area contributed by atoms with Gasteiger partial charge >= 0.3 is 0 Å². The molecule has 1 aromatic rings. The molecule has 0 atom stereocenters. The van der Waals surface area contributed by atoms with Crippen LogP contribution in [0.1, 0.15) is 10.4 Å². The Balaban J connectivity index is 2.65. The van der Waals surface area contributed by atoms with Gasteiger partial charge in [-0.2, -0.15) is 0 Å². The Morgan fingerprint density at radius 2 is 1.85 bits per heavy atom. The number of carbonyl (C=O) groups is 2. The van der Waals surface area contributed by atoms with Crippen molar-refractivity contribution in [3.8, 4) is 0 Å². The molecule has 13 heavy (non-hydrogen) atoms. The molecule has 0 fully saturated rings. The molecule has 0 radical (unpaired) electrons. The van der Waals surface area contributed by atoms with Crippen LogP contribution in [-0.4, -0.2) is 23.5 Å². The van der Waals surface area contributed by atoms with Crippen LogP contribution in [0.4, 0.5) is 0 Å². The number of carbonyl (C=O) groups excluding carboxylic acids is 2.